The molecular weight excluding hydrogens is 268 g/mol. The van der Waals surface area contributed by atoms with Crippen LogP contribution in [0.3, 0.4) is 0 Å². The van der Waals surface area contributed by atoms with Gasteiger partial charge < -0.3 is 21.3 Å². The minimum Gasteiger partial charge on any atom is -0.398 e. The number of nitrogen functional groups attached to an aromatic ring is 1. The van der Waals surface area contributed by atoms with Crippen molar-refractivity contribution in [2.75, 3.05) is 32.9 Å². The first-order chi connectivity index (χ1) is 8.91. The Morgan fingerprint density at radius 2 is 1.89 bits per heavy atom. The van der Waals surface area contributed by atoms with E-state index in [1.54, 1.807) is 26.2 Å². The zero-order chi connectivity index (χ0) is 14.4. The van der Waals surface area contributed by atoms with Crippen molar-refractivity contribution < 1.29 is 9.59 Å². The monoisotopic (exact) mass is 284 g/mol. The first-order valence-corrected chi connectivity index (χ1v) is 6.08. The highest BCUT2D eigenvalue weighted by Crippen LogP contribution is 2.17. The molecule has 4 N–H and O–H groups in total. The number of hydrogen-bond acceptors (Lipinski definition) is 3. The third-order valence-corrected chi connectivity index (χ3v) is 2.59. The normalized spacial score (nSPS) is 9.84. The van der Waals surface area contributed by atoms with Crippen LogP contribution in [0.15, 0.2) is 18.2 Å². The van der Waals surface area contributed by atoms with E-state index < -0.39 is 0 Å². The molecule has 0 spiro atoms. The van der Waals surface area contributed by atoms with Crippen molar-refractivity contribution >= 4 is 29.2 Å². The molecule has 0 saturated heterocycles. The zero-order valence-electron chi connectivity index (χ0n) is 10.9. The van der Waals surface area contributed by atoms with Gasteiger partial charge in [-0.2, -0.15) is 0 Å². The number of anilines is 1. The first kappa shape index (κ1) is 15.1. The van der Waals surface area contributed by atoms with Gasteiger partial charge >= 0.3 is 6.03 Å². The fourth-order valence-corrected chi connectivity index (χ4v) is 1.52. The summed E-state index contributed by atoms with van der Waals surface area (Å²) in [5.74, 6) is -0.298. The fraction of sp³-hybridized carbons (Fsp3) is 0.333. The van der Waals surface area contributed by atoms with E-state index in [9.17, 15) is 9.59 Å². The molecule has 6 nitrogen and oxygen atoms in total. The molecule has 7 heteroatoms. The number of nitrogens with two attached hydrogens (primary N) is 1. The van der Waals surface area contributed by atoms with Gasteiger partial charge in [0.1, 0.15) is 0 Å². The van der Waals surface area contributed by atoms with Crippen molar-refractivity contribution in [3.8, 4) is 0 Å². The van der Waals surface area contributed by atoms with E-state index in [0.717, 1.165) is 0 Å². The number of hydrogen-bond donors (Lipinski definition) is 3. The maximum Gasteiger partial charge on any atom is 0.316 e. The number of benzene rings is 1. The number of carbonyl (C=O) groups excluding carboxylic acids is 2. The van der Waals surface area contributed by atoms with Crippen molar-refractivity contribution in [2.24, 2.45) is 0 Å². The highest BCUT2D eigenvalue weighted by Gasteiger charge is 2.09. The summed E-state index contributed by atoms with van der Waals surface area (Å²) in [6.45, 7) is 0.663. The molecule has 104 valence electrons. The molecule has 0 atom stereocenters. The Morgan fingerprint density at radius 3 is 2.47 bits per heavy atom. The third kappa shape index (κ3) is 4.67. The average Bonchev–Trinajstić information content (AvgIpc) is 2.33. The molecule has 19 heavy (non-hydrogen) atoms. The lowest BCUT2D eigenvalue weighted by atomic mass is 10.1. The lowest BCUT2D eigenvalue weighted by Crippen LogP contribution is -2.39. The molecule has 1 aromatic rings. The van der Waals surface area contributed by atoms with Crippen LogP contribution in [-0.4, -0.2) is 44.0 Å². The van der Waals surface area contributed by atoms with Crippen LogP contribution in [-0.2, 0) is 0 Å². The Labute approximate surface area is 116 Å². The molecule has 0 aliphatic rings. The van der Waals surface area contributed by atoms with E-state index in [0.29, 0.717) is 29.4 Å². The lowest BCUT2D eigenvalue weighted by molar-refractivity contribution is 0.0954. The van der Waals surface area contributed by atoms with Crippen molar-refractivity contribution in [3.05, 3.63) is 28.8 Å². The third-order valence-electron chi connectivity index (χ3n) is 2.35. The molecule has 0 aromatic heterocycles. The summed E-state index contributed by atoms with van der Waals surface area (Å²) in [7, 11) is 3.28. The molecule has 0 radical (unpaired) electrons. The van der Waals surface area contributed by atoms with E-state index in [4.69, 9.17) is 17.3 Å². The molecule has 0 heterocycles. The van der Waals surface area contributed by atoms with Crippen molar-refractivity contribution in [2.45, 2.75) is 0 Å². The van der Waals surface area contributed by atoms with E-state index in [1.807, 2.05) is 0 Å². The van der Waals surface area contributed by atoms with Gasteiger partial charge in [0, 0.05) is 37.9 Å². The van der Waals surface area contributed by atoms with Crippen molar-refractivity contribution in [1.29, 1.82) is 0 Å². The second-order valence-electron chi connectivity index (χ2n) is 4.11. The predicted molar refractivity (Wildman–Crippen MR) is 75.3 cm³/mol. The van der Waals surface area contributed by atoms with E-state index in [1.165, 1.54) is 11.0 Å². The number of urea groups is 1. The van der Waals surface area contributed by atoms with Gasteiger partial charge in [-0.05, 0) is 18.2 Å². The van der Waals surface area contributed by atoms with Crippen LogP contribution in [0.25, 0.3) is 0 Å². The smallest absolute Gasteiger partial charge is 0.316 e. The summed E-state index contributed by atoms with van der Waals surface area (Å²) in [4.78, 5) is 24.4. The second kappa shape index (κ2) is 6.84. The number of nitrogens with one attached hydrogen (secondary N) is 2. The van der Waals surface area contributed by atoms with Crippen LogP contribution >= 0.6 is 11.6 Å². The predicted octanol–water partition coefficient (Wildman–Crippen LogP) is 0.923. The van der Waals surface area contributed by atoms with E-state index >= 15 is 0 Å². The molecule has 1 rings (SSSR count). The van der Waals surface area contributed by atoms with Gasteiger partial charge in [-0.25, -0.2) is 4.79 Å². The standard InChI is InChI=1S/C12H17ClN4O2/c1-17(2)12(19)16-6-5-15-11(18)9-4-3-8(13)7-10(9)14/h3-4,7H,5-6,14H2,1-2H3,(H,15,18)(H,16,19). The van der Waals surface area contributed by atoms with Crippen molar-refractivity contribution in [3.63, 3.8) is 0 Å². The highest BCUT2D eigenvalue weighted by molar-refractivity contribution is 6.31. The molecule has 0 aliphatic carbocycles. The summed E-state index contributed by atoms with van der Waals surface area (Å²) >= 11 is 5.75. The topological polar surface area (TPSA) is 87.5 Å². The number of rotatable bonds is 4. The molecule has 0 aliphatic heterocycles. The number of halogens is 1. The number of amides is 3. The van der Waals surface area contributed by atoms with Crippen LogP contribution in [0.1, 0.15) is 10.4 Å². The maximum atomic E-state index is 11.8. The maximum absolute atomic E-state index is 11.8. The first-order valence-electron chi connectivity index (χ1n) is 5.70. The molecule has 0 saturated carbocycles. The second-order valence-corrected chi connectivity index (χ2v) is 4.55. The lowest BCUT2D eigenvalue weighted by Gasteiger charge is -2.12. The summed E-state index contributed by atoms with van der Waals surface area (Å²) < 4.78 is 0. The van der Waals surface area contributed by atoms with Gasteiger partial charge in [-0.3, -0.25) is 4.79 Å². The van der Waals surface area contributed by atoms with Crippen LogP contribution in [0.2, 0.25) is 5.02 Å². The van der Waals surface area contributed by atoms with E-state index in [-0.39, 0.29) is 11.9 Å². The van der Waals surface area contributed by atoms with Gasteiger partial charge in [0.15, 0.2) is 0 Å². The van der Waals surface area contributed by atoms with Crippen molar-refractivity contribution in [1.82, 2.24) is 15.5 Å². The summed E-state index contributed by atoms with van der Waals surface area (Å²) in [6.07, 6.45) is 0. The number of nitrogens with zero attached hydrogens (tertiary/aromatic N) is 1. The average molecular weight is 285 g/mol. The Morgan fingerprint density at radius 1 is 1.26 bits per heavy atom. The highest BCUT2D eigenvalue weighted by atomic mass is 35.5. The van der Waals surface area contributed by atoms with Crippen LogP contribution in [0, 0.1) is 0 Å². The Kier molecular flexibility index (Phi) is 5.44. The summed E-state index contributed by atoms with van der Waals surface area (Å²) in [5, 5.41) is 5.77. The Bertz CT molecular complexity index is 477. The van der Waals surface area contributed by atoms with Gasteiger partial charge in [0.25, 0.3) is 5.91 Å². The molecular formula is C12H17ClN4O2. The zero-order valence-corrected chi connectivity index (χ0v) is 11.6. The minimum absolute atomic E-state index is 0.208. The van der Waals surface area contributed by atoms with E-state index in [2.05, 4.69) is 10.6 Å². The minimum atomic E-state index is -0.298. The molecule has 3 amide bonds. The van der Waals surface area contributed by atoms with Gasteiger partial charge in [-0.15, -0.1) is 0 Å². The molecule has 0 unspecified atom stereocenters. The largest absolute Gasteiger partial charge is 0.398 e. The molecule has 1 aromatic carbocycles. The summed E-state index contributed by atoms with van der Waals surface area (Å²) in [6, 6.07) is 4.47. The van der Waals surface area contributed by atoms with Crippen LogP contribution < -0.4 is 16.4 Å². The Balaban J connectivity index is 2.41. The molecule has 0 fully saturated rings. The fourth-order valence-electron chi connectivity index (χ4n) is 1.34. The SMILES string of the molecule is CN(C)C(=O)NCCNC(=O)c1ccc(Cl)cc1N. The van der Waals surface area contributed by atoms with Crippen LogP contribution in [0.4, 0.5) is 10.5 Å². The quantitative estimate of drug-likeness (QED) is 0.568. The van der Waals surface area contributed by atoms with Crippen LogP contribution in [0.5, 0.6) is 0 Å². The van der Waals surface area contributed by atoms with Gasteiger partial charge in [0.2, 0.25) is 0 Å². The number of carbonyl (C=O) groups is 2. The summed E-state index contributed by atoms with van der Waals surface area (Å²) in [5.41, 5.74) is 6.38. The van der Waals surface area contributed by atoms with Gasteiger partial charge in [-0.1, -0.05) is 11.6 Å². The molecule has 0 bridgehead atoms. The Hall–Kier alpha value is -1.95. The van der Waals surface area contributed by atoms with Gasteiger partial charge in [0.05, 0.1) is 5.56 Å².